The quantitative estimate of drug-likeness (QED) is 0.191. The molecule has 7 nitrogen and oxygen atoms in total. The van der Waals surface area contributed by atoms with E-state index >= 15 is 0 Å². The number of aromatic nitrogens is 2. The second-order valence-electron chi connectivity index (χ2n) is 10.9. The Bertz CT molecular complexity index is 2070. The van der Waals surface area contributed by atoms with Gasteiger partial charge in [-0.05, 0) is 75.2 Å². The second kappa shape index (κ2) is 12.3. The van der Waals surface area contributed by atoms with Gasteiger partial charge < -0.3 is 14.0 Å². The van der Waals surface area contributed by atoms with Gasteiger partial charge in [-0.15, -0.1) is 0 Å². The van der Waals surface area contributed by atoms with E-state index in [4.69, 9.17) is 26.1 Å². The van der Waals surface area contributed by atoms with Gasteiger partial charge in [0.1, 0.15) is 5.75 Å². The number of rotatable bonds is 8. The first-order valence-corrected chi connectivity index (χ1v) is 15.7. The molecule has 0 fully saturated rings. The van der Waals surface area contributed by atoms with Crippen molar-refractivity contribution in [2.75, 3.05) is 6.61 Å². The van der Waals surface area contributed by atoms with Crippen LogP contribution in [-0.2, 0) is 16.1 Å². The van der Waals surface area contributed by atoms with Crippen molar-refractivity contribution in [3.63, 3.8) is 0 Å². The van der Waals surface area contributed by atoms with Crippen molar-refractivity contribution in [2.45, 2.75) is 46.4 Å². The third-order valence-electron chi connectivity index (χ3n) is 7.46. The molecule has 0 amide bonds. The van der Waals surface area contributed by atoms with E-state index in [1.54, 1.807) is 25.3 Å². The van der Waals surface area contributed by atoms with Crippen molar-refractivity contribution in [3.05, 3.63) is 132 Å². The van der Waals surface area contributed by atoms with E-state index < -0.39 is 12.0 Å². The monoisotopic (exact) mass is 625 g/mol. The average Bonchev–Trinajstić information content (AvgIpc) is 3.50. The molecule has 0 bridgehead atoms. The van der Waals surface area contributed by atoms with Gasteiger partial charge in [-0.25, -0.2) is 9.79 Å². The lowest BCUT2D eigenvalue weighted by molar-refractivity contribution is -0.143. The Labute approximate surface area is 264 Å². The highest BCUT2D eigenvalue weighted by molar-refractivity contribution is 7.07. The summed E-state index contributed by atoms with van der Waals surface area (Å²) in [6.07, 6.45) is 3.67. The number of nitrogens with zero attached hydrogens (tertiary/aromatic N) is 3. The van der Waals surface area contributed by atoms with Gasteiger partial charge in [0, 0.05) is 34.2 Å². The maximum absolute atomic E-state index is 14.2. The third-order valence-corrected chi connectivity index (χ3v) is 8.70. The lowest BCUT2D eigenvalue weighted by Crippen LogP contribution is -2.40. The maximum Gasteiger partial charge on any atom is 0.338 e. The SMILES string of the molecule is CCOc1ccc([C@@H]2C(C(=O)OC(C)C)=C(C)N=c3s/c(=C/c4cn(Cc5ccc(Cl)cc5)c5ccccc45)c(=O)n32)cc1. The number of hydrogen-bond donors (Lipinski definition) is 0. The van der Waals surface area contributed by atoms with Gasteiger partial charge >= 0.3 is 5.97 Å². The van der Waals surface area contributed by atoms with Gasteiger partial charge in [0.05, 0.1) is 34.6 Å². The van der Waals surface area contributed by atoms with E-state index in [2.05, 4.69) is 22.9 Å². The Hall–Kier alpha value is -4.40. The predicted octanol–water partition coefficient (Wildman–Crippen LogP) is 6.24. The van der Waals surface area contributed by atoms with Gasteiger partial charge in [0.15, 0.2) is 4.80 Å². The Kier molecular flexibility index (Phi) is 8.29. The number of halogens is 1. The molecule has 0 saturated heterocycles. The van der Waals surface area contributed by atoms with Gasteiger partial charge in [0.2, 0.25) is 0 Å². The highest BCUT2D eigenvalue weighted by atomic mass is 35.5. The van der Waals surface area contributed by atoms with Crippen LogP contribution in [0.15, 0.2) is 100 Å². The first kappa shape index (κ1) is 29.7. The highest BCUT2D eigenvalue weighted by Gasteiger charge is 2.33. The molecule has 1 aliphatic heterocycles. The fourth-order valence-corrected chi connectivity index (χ4v) is 6.70. The van der Waals surface area contributed by atoms with Crippen molar-refractivity contribution in [2.24, 2.45) is 4.99 Å². The van der Waals surface area contributed by atoms with Gasteiger partial charge in [-0.3, -0.25) is 9.36 Å². The van der Waals surface area contributed by atoms with Crippen molar-refractivity contribution >= 4 is 45.9 Å². The molecule has 0 saturated carbocycles. The van der Waals surface area contributed by atoms with Crippen LogP contribution in [0.2, 0.25) is 5.02 Å². The molecule has 6 rings (SSSR count). The minimum Gasteiger partial charge on any atom is -0.494 e. The van der Waals surface area contributed by atoms with Crippen molar-refractivity contribution in [1.29, 1.82) is 0 Å². The molecule has 9 heteroatoms. The van der Waals surface area contributed by atoms with Crippen LogP contribution < -0.4 is 19.6 Å². The zero-order valence-electron chi connectivity index (χ0n) is 24.9. The zero-order chi connectivity index (χ0) is 31.0. The number of benzene rings is 3. The van der Waals surface area contributed by atoms with E-state index in [1.165, 1.54) is 11.3 Å². The van der Waals surface area contributed by atoms with Crippen LogP contribution in [0, 0.1) is 0 Å². The minimum absolute atomic E-state index is 0.218. The smallest absolute Gasteiger partial charge is 0.338 e. The van der Waals surface area contributed by atoms with Crippen LogP contribution in [0.25, 0.3) is 17.0 Å². The number of carbonyl (C=O) groups is 1. The summed E-state index contributed by atoms with van der Waals surface area (Å²) < 4.78 is 15.6. The summed E-state index contributed by atoms with van der Waals surface area (Å²) in [5.41, 5.74) is 4.53. The summed E-state index contributed by atoms with van der Waals surface area (Å²) >= 11 is 7.42. The van der Waals surface area contributed by atoms with Crippen LogP contribution in [0.1, 0.15) is 50.4 Å². The molecule has 2 aromatic heterocycles. The fraction of sp³-hybridized carbons (Fsp3) is 0.229. The Morgan fingerprint density at radius 2 is 1.80 bits per heavy atom. The largest absolute Gasteiger partial charge is 0.494 e. The number of allylic oxidation sites excluding steroid dienone is 1. The molecular weight excluding hydrogens is 594 g/mol. The Morgan fingerprint density at radius 1 is 1.07 bits per heavy atom. The number of hydrogen-bond acceptors (Lipinski definition) is 6. The summed E-state index contributed by atoms with van der Waals surface area (Å²) in [5.74, 6) is 0.227. The van der Waals surface area contributed by atoms with Crippen molar-refractivity contribution in [3.8, 4) is 5.75 Å². The summed E-state index contributed by atoms with van der Waals surface area (Å²) in [4.78, 5) is 32.9. The molecule has 3 aromatic carbocycles. The lowest BCUT2D eigenvalue weighted by Gasteiger charge is -2.25. The number of ether oxygens (including phenoxy) is 2. The number of fused-ring (bicyclic) bond motifs is 2. The number of carbonyl (C=O) groups excluding carboxylic acids is 1. The standard InChI is InChI=1S/C35H32ClN3O4S/c1-5-42-27-16-12-24(13-17-27)32-31(34(41)43-21(2)3)22(4)37-35-39(32)33(40)30(44-35)18-25-20-38(29-9-7-6-8-28(25)29)19-23-10-14-26(36)15-11-23/h6-18,20-21,32H,5,19H2,1-4H3/b30-18+/t32-/m1/s1. The highest BCUT2D eigenvalue weighted by Crippen LogP contribution is 2.32. The van der Waals surface area contributed by atoms with Gasteiger partial charge in [-0.2, -0.15) is 0 Å². The minimum atomic E-state index is -0.693. The number of esters is 1. The summed E-state index contributed by atoms with van der Waals surface area (Å²) in [7, 11) is 0. The predicted molar refractivity (Wildman–Crippen MR) is 175 cm³/mol. The summed E-state index contributed by atoms with van der Waals surface area (Å²) in [6, 6.07) is 22.7. The zero-order valence-corrected chi connectivity index (χ0v) is 26.5. The topological polar surface area (TPSA) is 74.8 Å². The third kappa shape index (κ3) is 5.75. The second-order valence-corrected chi connectivity index (χ2v) is 12.3. The van der Waals surface area contributed by atoms with E-state index in [-0.39, 0.29) is 11.7 Å². The van der Waals surface area contributed by atoms with Crippen LogP contribution in [0.5, 0.6) is 5.75 Å². The van der Waals surface area contributed by atoms with E-state index in [0.717, 1.165) is 27.6 Å². The van der Waals surface area contributed by atoms with Crippen LogP contribution in [0.3, 0.4) is 0 Å². The molecule has 44 heavy (non-hydrogen) atoms. The molecule has 0 radical (unpaired) electrons. The van der Waals surface area contributed by atoms with Crippen LogP contribution in [-0.4, -0.2) is 27.8 Å². The van der Waals surface area contributed by atoms with E-state index in [0.29, 0.717) is 44.5 Å². The molecular formula is C35H32ClN3O4S. The summed E-state index contributed by atoms with van der Waals surface area (Å²) in [6.45, 7) is 8.52. The summed E-state index contributed by atoms with van der Waals surface area (Å²) in [5, 5.41) is 1.73. The van der Waals surface area contributed by atoms with Gasteiger partial charge in [-0.1, -0.05) is 65.4 Å². The molecule has 0 N–H and O–H groups in total. The Morgan fingerprint density at radius 3 is 2.50 bits per heavy atom. The number of thiazole rings is 1. The van der Waals surface area contributed by atoms with E-state index in [9.17, 15) is 9.59 Å². The normalized spacial score (nSPS) is 15.0. The molecule has 5 aromatic rings. The lowest BCUT2D eigenvalue weighted by atomic mass is 9.96. The number of para-hydroxylation sites is 1. The first-order valence-electron chi connectivity index (χ1n) is 14.5. The molecule has 0 aliphatic carbocycles. The first-order chi connectivity index (χ1) is 21.2. The van der Waals surface area contributed by atoms with Crippen molar-refractivity contribution in [1.82, 2.24) is 9.13 Å². The Balaban J connectivity index is 1.49. The molecule has 0 spiro atoms. The molecule has 1 atom stereocenters. The van der Waals surface area contributed by atoms with Crippen LogP contribution in [0.4, 0.5) is 0 Å². The fourth-order valence-electron chi connectivity index (χ4n) is 5.54. The molecule has 3 heterocycles. The maximum atomic E-state index is 14.2. The molecule has 1 aliphatic rings. The van der Waals surface area contributed by atoms with Crippen LogP contribution >= 0.6 is 22.9 Å². The van der Waals surface area contributed by atoms with Crippen molar-refractivity contribution < 1.29 is 14.3 Å². The molecule has 224 valence electrons. The molecule has 0 unspecified atom stereocenters. The van der Waals surface area contributed by atoms with Gasteiger partial charge in [0.25, 0.3) is 5.56 Å². The van der Waals surface area contributed by atoms with E-state index in [1.807, 2.05) is 73.7 Å². The average molecular weight is 626 g/mol.